The minimum absolute atomic E-state index is 0.0167. The number of carbonyl (C=O) groups excluding carboxylic acids is 2. The fourth-order valence-corrected chi connectivity index (χ4v) is 14.0. The predicted molar refractivity (Wildman–Crippen MR) is 341 cm³/mol. The molecule has 2 unspecified atom stereocenters. The molecular formula is C63H88N12O14S2+2. The topological polar surface area (TPSA) is 344 Å². The monoisotopic (exact) mass is 1300 g/mol. The number of hydrogen-bond donors (Lipinski definition) is 7. The molecule has 4 aliphatic rings. The molecule has 0 bridgehead atoms. The highest BCUT2D eigenvalue weighted by atomic mass is 32.2. The zero-order chi connectivity index (χ0) is 65.7. The molecule has 26 nitrogen and oxygen atoms in total. The van der Waals surface area contributed by atoms with Crippen LogP contribution in [0.15, 0.2) is 119 Å². The Morgan fingerprint density at radius 2 is 1.31 bits per heavy atom. The van der Waals surface area contributed by atoms with Crippen LogP contribution >= 0.6 is 0 Å². The third-order valence-corrected chi connectivity index (χ3v) is 19.7. The van der Waals surface area contributed by atoms with Crippen molar-refractivity contribution in [3.05, 3.63) is 141 Å². The average molecular weight is 1300 g/mol. The largest absolute Gasteiger partial charge is 0.577 e. The maximum absolute atomic E-state index is 13.0. The highest BCUT2D eigenvalue weighted by Gasteiger charge is 2.45. The van der Waals surface area contributed by atoms with Gasteiger partial charge in [-0.05, 0) is 150 Å². The molecule has 494 valence electrons. The Hall–Kier alpha value is -7.31. The predicted octanol–water partition coefficient (Wildman–Crippen LogP) is 6.43. The quantitative estimate of drug-likeness (QED) is 0.00691. The second kappa shape index (κ2) is 30.9. The van der Waals surface area contributed by atoms with Crippen LogP contribution in [0.3, 0.4) is 0 Å². The van der Waals surface area contributed by atoms with Crippen molar-refractivity contribution in [2.45, 2.75) is 151 Å². The molecule has 2 atom stereocenters. The van der Waals surface area contributed by atoms with Gasteiger partial charge < -0.3 is 55.8 Å². The Labute approximate surface area is 531 Å². The van der Waals surface area contributed by atoms with E-state index in [1.165, 1.54) is 58.2 Å². The molecular weight excluding hydrogens is 1210 g/mol. The van der Waals surface area contributed by atoms with Crippen LogP contribution in [-0.4, -0.2) is 170 Å². The van der Waals surface area contributed by atoms with E-state index in [2.05, 4.69) is 39.9 Å². The molecule has 4 aromatic rings. The lowest BCUT2D eigenvalue weighted by Gasteiger charge is -2.33. The first-order valence-electron chi connectivity index (χ1n) is 31.3. The molecule has 2 saturated heterocycles. The third-order valence-electron chi connectivity index (χ3n) is 18.0. The first-order valence-corrected chi connectivity index (χ1v) is 34.2. The number of H-pyrrole nitrogens is 1. The summed E-state index contributed by atoms with van der Waals surface area (Å²) in [7, 11) is -8.94. The third kappa shape index (κ3) is 18.5. The standard InChI is InChI=1S/C63H86N12O14S2/c1-62(2)52-38-50(90(84,85)86)20-22-54(52)72(30-14-8-12-18-58(78)66-40-46-24-32-68(33-25-46)42-48(76)44-70-36-28-64-60(70)74(80)81)56(62)16-10-6-5-7-11-17-57-63(3,4)53-39-51(91(87,88)89)21-23-55(53)73(57)31-15-9-13-19-59(79)67-41-47-26-34-69(35-27-47)43-49(77)45-71-37-29-65-61(71)75(82)83/h5-7,10-11,16-17,20-23,28-29,36-39,46-49,76-77H,8-9,12-15,18-19,24-27,30-35,40-45H2,1-4H3,(H3-,66,67,78,79,84,85,86,87,88,89)/p+2. The maximum atomic E-state index is 13.0. The van der Waals surface area contributed by atoms with Crippen LogP contribution in [0.1, 0.15) is 116 Å². The van der Waals surface area contributed by atoms with Gasteiger partial charge in [0.15, 0.2) is 18.1 Å². The molecule has 0 radical (unpaired) electrons. The van der Waals surface area contributed by atoms with Gasteiger partial charge in [0.25, 0.3) is 20.2 Å². The van der Waals surface area contributed by atoms with E-state index >= 15 is 0 Å². The van der Waals surface area contributed by atoms with Crippen molar-refractivity contribution in [2.24, 2.45) is 11.8 Å². The second-order valence-electron chi connectivity index (χ2n) is 25.3. The number of likely N-dealkylation sites (tertiary alicyclic amines) is 2. The van der Waals surface area contributed by atoms with E-state index < -0.39 is 53.1 Å². The molecule has 28 heteroatoms. The summed E-state index contributed by atoms with van der Waals surface area (Å²) in [5, 5.41) is 49.9. The van der Waals surface area contributed by atoms with Gasteiger partial charge in [0.05, 0.1) is 32.8 Å². The minimum Gasteiger partial charge on any atom is -0.390 e. The number of carbonyl (C=O) groups is 2. The number of fused-ring (bicyclic) bond motifs is 2. The molecule has 2 aromatic carbocycles. The zero-order valence-corrected chi connectivity index (χ0v) is 53.9. The summed E-state index contributed by atoms with van der Waals surface area (Å²) in [6, 6.07) is 9.29. The van der Waals surface area contributed by atoms with Crippen LogP contribution < -0.4 is 20.1 Å². The Kier molecular flexibility index (Phi) is 23.6. The highest BCUT2D eigenvalue weighted by Crippen LogP contribution is 2.49. The molecule has 0 spiro atoms. The van der Waals surface area contributed by atoms with Crippen molar-refractivity contribution < 1.29 is 64.7 Å². The average Bonchev–Trinajstić information content (AvgIpc) is 1.60. The number of benzene rings is 2. The van der Waals surface area contributed by atoms with Crippen molar-refractivity contribution in [1.82, 2.24) is 35.0 Å². The van der Waals surface area contributed by atoms with Gasteiger partial charge in [-0.3, -0.25) is 18.7 Å². The molecule has 2 aromatic heterocycles. The van der Waals surface area contributed by atoms with Crippen molar-refractivity contribution in [1.29, 1.82) is 0 Å². The van der Waals surface area contributed by atoms with Crippen LogP contribution in [0, 0.1) is 32.1 Å². The number of aliphatic hydroxyl groups excluding tert-OH is 2. The lowest BCUT2D eigenvalue weighted by Crippen LogP contribution is -2.47. The number of aromatic amines is 1. The van der Waals surface area contributed by atoms with Crippen LogP contribution in [0.4, 0.5) is 23.3 Å². The fourth-order valence-electron chi connectivity index (χ4n) is 12.9. The minimum atomic E-state index is -4.47. The number of hydrogen-bond acceptors (Lipinski definition) is 16. The second-order valence-corrected chi connectivity index (χ2v) is 28.1. The molecule has 91 heavy (non-hydrogen) atoms. The number of nitrogens with zero attached hydrogens (tertiary/aromatic N) is 9. The van der Waals surface area contributed by atoms with E-state index in [1.54, 1.807) is 12.1 Å². The van der Waals surface area contributed by atoms with Gasteiger partial charge in [0.2, 0.25) is 17.5 Å². The molecule has 0 saturated carbocycles. The lowest BCUT2D eigenvalue weighted by molar-refractivity contribution is -0.740. The summed E-state index contributed by atoms with van der Waals surface area (Å²) >= 11 is 0. The number of nitrogens with one attached hydrogen (secondary N) is 3. The van der Waals surface area contributed by atoms with E-state index in [4.69, 9.17) is 0 Å². The maximum Gasteiger partial charge on any atom is 0.577 e. The van der Waals surface area contributed by atoms with E-state index in [0.717, 1.165) is 111 Å². The number of imidazole rings is 2. The Bertz CT molecular complexity index is 3630. The number of anilines is 1. The molecule has 4 aliphatic heterocycles. The number of rotatable bonds is 32. The van der Waals surface area contributed by atoms with E-state index in [0.29, 0.717) is 76.8 Å². The summed E-state index contributed by atoms with van der Waals surface area (Å²) in [6.45, 7) is 14.3. The SMILES string of the molecule is CC1(C)C(=CC=CC=CC=CC2=[N+](CCCCCC(=O)NCC3CCN(CC(O)Cn4ccnc4[N+](=O)[O-])CC3)c3ccc(S(=O)(=O)O)cc3C2(C)C)N(CCCCCC(=O)NCC2CCN(CC(O)C[n+]3cc[nH]c3[N+](=O)[O-])CC2)c2ccc(S(=O)(=O)O)cc21. The molecule has 8 rings (SSSR count). The van der Waals surface area contributed by atoms with Crippen LogP contribution in [0.25, 0.3) is 0 Å². The highest BCUT2D eigenvalue weighted by molar-refractivity contribution is 7.86. The van der Waals surface area contributed by atoms with Gasteiger partial charge in [-0.1, -0.05) is 55.6 Å². The number of amides is 2. The summed E-state index contributed by atoms with van der Waals surface area (Å²) in [6.07, 6.45) is 26.2. The molecule has 2 fully saturated rings. The molecule has 6 heterocycles. The van der Waals surface area contributed by atoms with Crippen LogP contribution in [-0.2, 0) is 53.7 Å². The number of allylic oxidation sites excluding steroid dienone is 8. The first kappa shape index (κ1) is 69.6. The zero-order valence-electron chi connectivity index (χ0n) is 52.3. The summed E-state index contributed by atoms with van der Waals surface area (Å²) in [5.41, 5.74) is 3.69. The van der Waals surface area contributed by atoms with E-state index in [-0.39, 0.29) is 46.6 Å². The van der Waals surface area contributed by atoms with Crippen molar-refractivity contribution >= 4 is 61.0 Å². The Balaban J connectivity index is 0.811. The number of unbranched alkanes of at least 4 members (excludes halogenated alkanes) is 4. The van der Waals surface area contributed by atoms with E-state index in [9.17, 15) is 66.0 Å². The molecule has 7 N–H and O–H groups in total. The van der Waals surface area contributed by atoms with Crippen LogP contribution in [0.5, 0.6) is 0 Å². The van der Waals surface area contributed by atoms with Crippen molar-refractivity contribution in [3.63, 3.8) is 0 Å². The number of piperidine rings is 2. The molecule has 0 aliphatic carbocycles. The number of aliphatic hydroxyl groups is 2. The van der Waals surface area contributed by atoms with Gasteiger partial charge in [0, 0.05) is 86.5 Å². The summed E-state index contributed by atoms with van der Waals surface area (Å²) in [4.78, 5) is 59.7. The fraction of sp³-hybridized carbons (Fsp3) is 0.540. The van der Waals surface area contributed by atoms with Gasteiger partial charge >= 0.3 is 11.9 Å². The number of nitro groups is 2. The molecule has 2 amide bonds. The Morgan fingerprint density at radius 3 is 1.91 bits per heavy atom. The number of aromatic nitrogens is 4. The van der Waals surface area contributed by atoms with Gasteiger partial charge in [-0.2, -0.15) is 26.4 Å². The van der Waals surface area contributed by atoms with Gasteiger partial charge in [-0.25, -0.2) is 4.57 Å². The van der Waals surface area contributed by atoms with Crippen molar-refractivity contribution in [3.8, 4) is 0 Å². The Morgan fingerprint density at radius 1 is 0.736 bits per heavy atom. The summed E-state index contributed by atoms with van der Waals surface area (Å²) in [5.74, 6) is 0.0808. The van der Waals surface area contributed by atoms with E-state index in [1.807, 2.05) is 70.2 Å². The summed E-state index contributed by atoms with van der Waals surface area (Å²) < 4.78 is 74.0. The van der Waals surface area contributed by atoms with Gasteiger partial charge in [-0.15, -0.1) is 4.57 Å². The first-order chi connectivity index (χ1) is 43.2. The normalized spacial score (nSPS) is 18.6. The number of β-amino-alcohol motifs (C(OH)–C–C–N with tert-alkyl or cyclic N) is 2. The lowest BCUT2D eigenvalue weighted by atomic mass is 9.81. The van der Waals surface area contributed by atoms with Crippen LogP contribution in [0.2, 0.25) is 0 Å². The smallest absolute Gasteiger partial charge is 0.390 e. The van der Waals surface area contributed by atoms with Gasteiger partial charge in [0.1, 0.15) is 31.6 Å². The van der Waals surface area contributed by atoms with Crippen molar-refractivity contribution in [2.75, 3.05) is 70.3 Å².